The summed E-state index contributed by atoms with van der Waals surface area (Å²) in [5.74, 6) is 0. The molecule has 0 unspecified atom stereocenters. The maximum absolute atomic E-state index is 2.45. The molecule has 0 saturated carbocycles. The van der Waals surface area contributed by atoms with Crippen LogP contribution < -0.4 is 0 Å². The molecule has 84 valence electrons. The van der Waals surface area contributed by atoms with Crippen molar-refractivity contribution in [1.29, 1.82) is 0 Å². The molecule has 0 aliphatic heterocycles. The predicted molar refractivity (Wildman–Crippen MR) is 69.6 cm³/mol. The maximum atomic E-state index is 2.45. The van der Waals surface area contributed by atoms with Crippen molar-refractivity contribution in [3.05, 3.63) is 40.5 Å². The van der Waals surface area contributed by atoms with E-state index in [0.717, 1.165) is 6.42 Å². The van der Waals surface area contributed by atoms with Gasteiger partial charge in [-0.3, -0.25) is 0 Å². The summed E-state index contributed by atoms with van der Waals surface area (Å²) < 4.78 is 0. The molecule has 1 aromatic rings. The van der Waals surface area contributed by atoms with Crippen molar-refractivity contribution in [3.8, 4) is 0 Å². The molecule has 0 amide bonds. The summed E-state index contributed by atoms with van der Waals surface area (Å²) in [4.78, 5) is 0. The van der Waals surface area contributed by atoms with Crippen LogP contribution in [0, 0.1) is 5.41 Å². The topological polar surface area (TPSA) is 0 Å². The van der Waals surface area contributed by atoms with Gasteiger partial charge in [-0.05, 0) is 58.9 Å². The summed E-state index contributed by atoms with van der Waals surface area (Å²) in [5.41, 5.74) is 8.32. The van der Waals surface area contributed by atoms with Crippen LogP contribution in [0.5, 0.6) is 0 Å². The van der Waals surface area contributed by atoms with Gasteiger partial charge < -0.3 is 0 Å². The van der Waals surface area contributed by atoms with Gasteiger partial charge in [0.25, 0.3) is 0 Å². The summed E-state index contributed by atoms with van der Waals surface area (Å²) in [6.45, 7) is 7.01. The van der Waals surface area contributed by atoms with Crippen molar-refractivity contribution < 1.29 is 0 Å². The minimum Gasteiger partial charge on any atom is -0.0757 e. The molecule has 0 spiro atoms. The Hall–Kier alpha value is -1.04. The lowest BCUT2D eigenvalue weighted by Gasteiger charge is -2.24. The molecule has 3 rings (SSSR count). The molecule has 0 radical (unpaired) electrons. The first kappa shape index (κ1) is 10.1. The van der Waals surface area contributed by atoms with Crippen LogP contribution in [0.4, 0.5) is 0 Å². The van der Waals surface area contributed by atoms with Gasteiger partial charge in [-0.25, -0.2) is 0 Å². The standard InChI is InChI=1S/C16H20/c1-16(2,3)14-10-9-12-8-7-11-5-4-6-13(11)15(12)14/h7-8,10H,4-6,9H2,1-3H3. The number of fused-ring (bicyclic) bond motifs is 3. The van der Waals surface area contributed by atoms with Crippen LogP contribution in [0.25, 0.3) is 5.57 Å². The Morgan fingerprint density at radius 1 is 1.00 bits per heavy atom. The van der Waals surface area contributed by atoms with Crippen molar-refractivity contribution in [2.75, 3.05) is 0 Å². The Kier molecular flexibility index (Phi) is 2.04. The summed E-state index contributed by atoms with van der Waals surface area (Å²) in [6.07, 6.45) is 7.54. The fourth-order valence-corrected chi connectivity index (χ4v) is 3.22. The first-order valence-corrected chi connectivity index (χ1v) is 6.42. The molecule has 0 heterocycles. The lowest BCUT2D eigenvalue weighted by atomic mass is 9.81. The van der Waals surface area contributed by atoms with Crippen molar-refractivity contribution in [2.24, 2.45) is 5.41 Å². The Labute approximate surface area is 98.4 Å². The lowest BCUT2D eigenvalue weighted by Crippen LogP contribution is -2.09. The van der Waals surface area contributed by atoms with Crippen molar-refractivity contribution in [2.45, 2.75) is 46.5 Å². The lowest BCUT2D eigenvalue weighted by molar-refractivity contribution is 0.567. The highest BCUT2D eigenvalue weighted by Gasteiger charge is 2.29. The zero-order valence-electron chi connectivity index (χ0n) is 10.6. The fourth-order valence-electron chi connectivity index (χ4n) is 3.22. The quantitative estimate of drug-likeness (QED) is 0.605. The smallest absolute Gasteiger partial charge is 0.00851 e. The summed E-state index contributed by atoms with van der Waals surface area (Å²) >= 11 is 0. The minimum atomic E-state index is 0.295. The molecule has 0 bridgehead atoms. The van der Waals surface area contributed by atoms with Gasteiger partial charge in [0.2, 0.25) is 0 Å². The van der Waals surface area contributed by atoms with Gasteiger partial charge in [0.15, 0.2) is 0 Å². The molecule has 0 saturated heterocycles. The van der Waals surface area contributed by atoms with E-state index in [1.165, 1.54) is 19.3 Å². The SMILES string of the molecule is CC(C)(C)C1=CCc2ccc3c(c21)CCC3. The van der Waals surface area contributed by atoms with Gasteiger partial charge in [-0.2, -0.15) is 0 Å². The highest BCUT2D eigenvalue weighted by Crippen LogP contribution is 2.44. The van der Waals surface area contributed by atoms with Gasteiger partial charge in [0.1, 0.15) is 0 Å². The third kappa shape index (κ3) is 1.36. The monoisotopic (exact) mass is 212 g/mol. The van der Waals surface area contributed by atoms with Crippen molar-refractivity contribution >= 4 is 5.57 Å². The first-order valence-electron chi connectivity index (χ1n) is 6.42. The van der Waals surface area contributed by atoms with Crippen LogP contribution in [0.1, 0.15) is 49.4 Å². The molecule has 0 nitrogen and oxygen atoms in total. The molecular weight excluding hydrogens is 192 g/mol. The van der Waals surface area contributed by atoms with E-state index in [0.29, 0.717) is 5.41 Å². The molecular formula is C16H20. The van der Waals surface area contributed by atoms with Crippen LogP contribution in [-0.4, -0.2) is 0 Å². The van der Waals surface area contributed by atoms with Crippen LogP contribution in [0.15, 0.2) is 18.2 Å². The summed E-state index contributed by atoms with van der Waals surface area (Å²) in [6, 6.07) is 4.72. The Balaban J connectivity index is 2.19. The van der Waals surface area contributed by atoms with Crippen LogP contribution >= 0.6 is 0 Å². The highest BCUT2D eigenvalue weighted by molar-refractivity contribution is 5.79. The van der Waals surface area contributed by atoms with Gasteiger partial charge in [0.05, 0.1) is 0 Å². The van der Waals surface area contributed by atoms with E-state index in [4.69, 9.17) is 0 Å². The van der Waals surface area contributed by atoms with Crippen molar-refractivity contribution in [3.63, 3.8) is 0 Å². The highest BCUT2D eigenvalue weighted by atomic mass is 14.3. The second kappa shape index (κ2) is 3.23. The van der Waals surface area contributed by atoms with E-state index in [1.54, 1.807) is 27.8 Å². The zero-order chi connectivity index (χ0) is 11.3. The van der Waals surface area contributed by atoms with Crippen LogP contribution in [-0.2, 0) is 19.3 Å². The van der Waals surface area contributed by atoms with E-state index in [1.807, 2.05) is 0 Å². The number of aryl methyl sites for hydroxylation is 1. The van der Waals surface area contributed by atoms with Crippen LogP contribution in [0.2, 0.25) is 0 Å². The number of hydrogen-bond acceptors (Lipinski definition) is 0. The average molecular weight is 212 g/mol. The van der Waals surface area contributed by atoms with Crippen molar-refractivity contribution in [1.82, 2.24) is 0 Å². The molecule has 0 fully saturated rings. The zero-order valence-corrected chi connectivity index (χ0v) is 10.6. The average Bonchev–Trinajstić information content (AvgIpc) is 2.81. The van der Waals surface area contributed by atoms with E-state index >= 15 is 0 Å². The number of benzene rings is 1. The third-order valence-corrected chi connectivity index (χ3v) is 3.97. The fraction of sp³-hybridized carbons (Fsp3) is 0.500. The van der Waals surface area contributed by atoms with E-state index < -0.39 is 0 Å². The predicted octanol–water partition coefficient (Wildman–Crippen LogP) is 4.16. The van der Waals surface area contributed by atoms with E-state index in [-0.39, 0.29) is 0 Å². The Bertz CT molecular complexity index is 470. The second-order valence-electron chi connectivity index (χ2n) is 6.16. The van der Waals surface area contributed by atoms with Gasteiger partial charge in [-0.15, -0.1) is 0 Å². The molecule has 2 aliphatic carbocycles. The van der Waals surface area contributed by atoms with Gasteiger partial charge in [-0.1, -0.05) is 39.0 Å². The normalized spacial score (nSPS) is 18.3. The third-order valence-electron chi connectivity index (χ3n) is 3.97. The molecule has 1 aromatic carbocycles. The molecule has 16 heavy (non-hydrogen) atoms. The van der Waals surface area contributed by atoms with E-state index in [2.05, 4.69) is 39.0 Å². The second-order valence-corrected chi connectivity index (χ2v) is 6.16. The van der Waals surface area contributed by atoms with E-state index in [9.17, 15) is 0 Å². The largest absolute Gasteiger partial charge is 0.0757 e. The summed E-state index contributed by atoms with van der Waals surface area (Å²) in [5, 5.41) is 0. The first-order chi connectivity index (χ1) is 7.57. The minimum absolute atomic E-state index is 0.295. The van der Waals surface area contributed by atoms with Crippen LogP contribution in [0.3, 0.4) is 0 Å². The van der Waals surface area contributed by atoms with Gasteiger partial charge >= 0.3 is 0 Å². The molecule has 0 atom stereocenters. The molecule has 0 N–H and O–H groups in total. The number of allylic oxidation sites excluding steroid dienone is 2. The molecule has 0 aromatic heterocycles. The van der Waals surface area contributed by atoms with Gasteiger partial charge in [0, 0.05) is 0 Å². The maximum Gasteiger partial charge on any atom is -0.00851 e. The Morgan fingerprint density at radius 3 is 2.50 bits per heavy atom. The number of hydrogen-bond donors (Lipinski definition) is 0. The Morgan fingerprint density at radius 2 is 1.75 bits per heavy atom. The summed E-state index contributed by atoms with van der Waals surface area (Å²) in [7, 11) is 0. The molecule has 2 aliphatic rings. The number of rotatable bonds is 0. The molecule has 0 heteroatoms.